The minimum Gasteiger partial charge on any atom is -0.497 e. The summed E-state index contributed by atoms with van der Waals surface area (Å²) in [6.07, 6.45) is 7.42. The summed E-state index contributed by atoms with van der Waals surface area (Å²) >= 11 is 0. The van der Waals surface area contributed by atoms with Gasteiger partial charge < -0.3 is 4.74 Å². The number of fused-ring (bicyclic) bond motifs is 1. The van der Waals surface area contributed by atoms with Gasteiger partial charge in [-0.2, -0.15) is 10.2 Å². The van der Waals surface area contributed by atoms with Gasteiger partial charge in [0.05, 0.1) is 25.1 Å². The number of ether oxygens (including phenoxy) is 1. The van der Waals surface area contributed by atoms with Crippen LogP contribution in [0.1, 0.15) is 48.4 Å². The van der Waals surface area contributed by atoms with Crippen LogP contribution in [0.2, 0.25) is 0 Å². The van der Waals surface area contributed by atoms with Crippen molar-refractivity contribution in [2.75, 3.05) is 13.7 Å². The molecule has 0 saturated heterocycles. The summed E-state index contributed by atoms with van der Waals surface area (Å²) in [5.74, 6) is 1.53. The second-order valence-electron chi connectivity index (χ2n) is 7.58. The summed E-state index contributed by atoms with van der Waals surface area (Å²) in [6, 6.07) is 15.0. The molecule has 0 amide bonds. The van der Waals surface area contributed by atoms with Crippen molar-refractivity contribution in [1.29, 1.82) is 0 Å². The Balaban J connectivity index is 1.39. The minimum atomic E-state index is 0.276. The first-order valence-electron chi connectivity index (χ1n) is 9.76. The van der Waals surface area contributed by atoms with E-state index in [1.807, 2.05) is 18.2 Å². The molecule has 0 N–H and O–H groups in total. The number of allylic oxidation sites excluding steroid dienone is 1. The van der Waals surface area contributed by atoms with Crippen molar-refractivity contribution >= 4 is 17.0 Å². The van der Waals surface area contributed by atoms with E-state index in [9.17, 15) is 0 Å². The van der Waals surface area contributed by atoms with Crippen LogP contribution in [0.4, 0.5) is 5.69 Å². The lowest BCUT2D eigenvalue weighted by atomic mass is 9.91. The first kappa shape index (κ1) is 16.4. The van der Waals surface area contributed by atoms with E-state index in [1.54, 1.807) is 7.11 Å². The number of rotatable bonds is 4. The van der Waals surface area contributed by atoms with Gasteiger partial charge in [-0.25, -0.2) is 0 Å². The van der Waals surface area contributed by atoms with Gasteiger partial charge in [-0.05, 0) is 54.2 Å². The Hall–Kier alpha value is -2.75. The monoisotopic (exact) mass is 357 g/mol. The van der Waals surface area contributed by atoms with Gasteiger partial charge in [0, 0.05) is 11.1 Å². The maximum atomic E-state index is 5.33. The molecule has 136 valence electrons. The summed E-state index contributed by atoms with van der Waals surface area (Å²) in [6.45, 7) is 0.703. The fourth-order valence-corrected chi connectivity index (χ4v) is 4.45. The average molecular weight is 357 g/mol. The number of methoxy groups -OCH3 is 1. The number of aliphatic imine (C=N–C) groups is 1. The van der Waals surface area contributed by atoms with E-state index < -0.39 is 0 Å². The Labute approximate surface area is 159 Å². The second kappa shape index (κ2) is 6.76. The number of nitrogens with zero attached hydrogens (tertiary/aromatic N) is 3. The van der Waals surface area contributed by atoms with Crippen LogP contribution < -0.4 is 4.74 Å². The van der Waals surface area contributed by atoms with Gasteiger partial charge in [-0.15, -0.1) is 0 Å². The van der Waals surface area contributed by atoms with Crippen molar-refractivity contribution < 1.29 is 4.74 Å². The van der Waals surface area contributed by atoms with Crippen LogP contribution in [-0.4, -0.2) is 19.4 Å². The molecule has 1 aliphatic carbocycles. The first-order valence-corrected chi connectivity index (χ1v) is 9.76. The van der Waals surface area contributed by atoms with Crippen LogP contribution in [-0.2, 0) is 0 Å². The molecule has 27 heavy (non-hydrogen) atoms. The molecule has 2 aromatic rings. The molecule has 0 spiro atoms. The van der Waals surface area contributed by atoms with Crippen LogP contribution in [0.25, 0.3) is 5.57 Å². The summed E-state index contributed by atoms with van der Waals surface area (Å²) in [7, 11) is 1.69. The third-order valence-electron chi connectivity index (χ3n) is 5.95. The molecular weight excluding hydrogens is 334 g/mol. The molecule has 3 aliphatic rings. The van der Waals surface area contributed by atoms with Crippen molar-refractivity contribution in [1.82, 2.24) is 0 Å². The Morgan fingerprint density at radius 3 is 2.74 bits per heavy atom. The molecule has 1 unspecified atom stereocenters. The number of azo groups is 1. The lowest BCUT2D eigenvalue weighted by Crippen LogP contribution is -2.04. The highest BCUT2D eigenvalue weighted by molar-refractivity contribution is 6.15. The van der Waals surface area contributed by atoms with Crippen molar-refractivity contribution in [3.05, 3.63) is 65.2 Å². The number of hydrogen-bond acceptors (Lipinski definition) is 4. The zero-order chi connectivity index (χ0) is 18.2. The van der Waals surface area contributed by atoms with E-state index in [-0.39, 0.29) is 6.04 Å². The molecule has 0 bridgehead atoms. The predicted octanol–water partition coefficient (Wildman–Crippen LogP) is 5.91. The summed E-state index contributed by atoms with van der Waals surface area (Å²) in [5, 5.41) is 9.10. The quantitative estimate of drug-likeness (QED) is 0.671. The minimum absolute atomic E-state index is 0.276. The standard InChI is InChI=1S/C23H23N3O/c1-27-19-8-4-7-17(11-19)21-13-18(14-24-21)16-9-10-20-22(12-16)25-26-23(20)15-5-2-3-6-15/h4,7-13,15,23H,2-3,5-6,14H2,1H3. The molecule has 1 fully saturated rings. The molecule has 1 atom stereocenters. The number of hydrogen-bond donors (Lipinski definition) is 0. The smallest absolute Gasteiger partial charge is 0.119 e. The lowest BCUT2D eigenvalue weighted by molar-refractivity contribution is 0.414. The summed E-state index contributed by atoms with van der Waals surface area (Å²) in [5.41, 5.74) is 6.87. The normalized spacial score (nSPS) is 21.3. The Morgan fingerprint density at radius 2 is 1.89 bits per heavy atom. The maximum absolute atomic E-state index is 5.33. The fraction of sp³-hybridized carbons (Fsp3) is 0.348. The molecular formula is C23H23N3O. The third kappa shape index (κ3) is 2.99. The molecule has 2 aliphatic heterocycles. The van der Waals surface area contributed by atoms with E-state index >= 15 is 0 Å². The SMILES string of the molecule is COc1cccc(C2=NCC(c3ccc4c(c3)N=NC4C3CCCC3)=C2)c1. The molecule has 4 heteroatoms. The van der Waals surface area contributed by atoms with Crippen LogP contribution >= 0.6 is 0 Å². The van der Waals surface area contributed by atoms with Gasteiger partial charge in [0.1, 0.15) is 11.8 Å². The van der Waals surface area contributed by atoms with Crippen LogP contribution in [0.15, 0.2) is 63.8 Å². The van der Waals surface area contributed by atoms with Gasteiger partial charge in [-0.3, -0.25) is 4.99 Å². The Morgan fingerprint density at radius 1 is 1.00 bits per heavy atom. The maximum Gasteiger partial charge on any atom is 0.119 e. The van der Waals surface area contributed by atoms with E-state index in [1.165, 1.54) is 42.4 Å². The molecule has 2 aromatic carbocycles. The van der Waals surface area contributed by atoms with Gasteiger partial charge in [-0.1, -0.05) is 37.1 Å². The largest absolute Gasteiger partial charge is 0.497 e. The molecule has 0 aromatic heterocycles. The molecule has 5 rings (SSSR count). The van der Waals surface area contributed by atoms with Gasteiger partial charge in [0.15, 0.2) is 0 Å². The fourth-order valence-electron chi connectivity index (χ4n) is 4.45. The van der Waals surface area contributed by atoms with E-state index in [4.69, 9.17) is 9.73 Å². The third-order valence-corrected chi connectivity index (χ3v) is 5.95. The Bertz CT molecular complexity index is 967. The van der Waals surface area contributed by atoms with Gasteiger partial charge in [0.25, 0.3) is 0 Å². The van der Waals surface area contributed by atoms with Crippen molar-refractivity contribution in [2.45, 2.75) is 31.7 Å². The van der Waals surface area contributed by atoms with Crippen molar-refractivity contribution in [2.24, 2.45) is 21.1 Å². The van der Waals surface area contributed by atoms with E-state index in [2.05, 4.69) is 40.6 Å². The van der Waals surface area contributed by atoms with E-state index in [0.717, 1.165) is 22.7 Å². The van der Waals surface area contributed by atoms with Gasteiger partial charge >= 0.3 is 0 Å². The molecule has 2 heterocycles. The van der Waals surface area contributed by atoms with Crippen LogP contribution in [0.3, 0.4) is 0 Å². The molecule has 4 nitrogen and oxygen atoms in total. The average Bonchev–Trinajstić information content (AvgIpc) is 3.47. The topological polar surface area (TPSA) is 46.3 Å². The summed E-state index contributed by atoms with van der Waals surface area (Å²) in [4.78, 5) is 4.73. The van der Waals surface area contributed by atoms with Crippen LogP contribution in [0.5, 0.6) is 5.75 Å². The second-order valence-corrected chi connectivity index (χ2v) is 7.58. The highest BCUT2D eigenvalue weighted by atomic mass is 16.5. The highest BCUT2D eigenvalue weighted by Crippen LogP contribution is 2.46. The lowest BCUT2D eigenvalue weighted by Gasteiger charge is -2.15. The molecule has 0 radical (unpaired) electrons. The van der Waals surface area contributed by atoms with Crippen molar-refractivity contribution in [3.8, 4) is 5.75 Å². The van der Waals surface area contributed by atoms with Gasteiger partial charge in [0.2, 0.25) is 0 Å². The molecule has 1 saturated carbocycles. The van der Waals surface area contributed by atoms with E-state index in [0.29, 0.717) is 12.5 Å². The predicted molar refractivity (Wildman–Crippen MR) is 108 cm³/mol. The highest BCUT2D eigenvalue weighted by Gasteiger charge is 2.31. The Kier molecular flexibility index (Phi) is 4.12. The summed E-state index contributed by atoms with van der Waals surface area (Å²) < 4.78 is 5.33. The zero-order valence-electron chi connectivity index (χ0n) is 15.6. The zero-order valence-corrected chi connectivity index (χ0v) is 15.6. The van der Waals surface area contributed by atoms with Crippen molar-refractivity contribution in [3.63, 3.8) is 0 Å². The first-order chi connectivity index (χ1) is 13.3. The number of benzene rings is 2. The van der Waals surface area contributed by atoms with Crippen LogP contribution in [0, 0.1) is 5.92 Å².